The van der Waals surface area contributed by atoms with Gasteiger partial charge in [0.2, 0.25) is 5.95 Å². The molecule has 2 aromatic heterocycles. The molecule has 12 nitrogen and oxygen atoms in total. The molecule has 27 heavy (non-hydrogen) atoms. The van der Waals surface area contributed by atoms with Gasteiger partial charge in [-0.15, -0.1) is 0 Å². The topological polar surface area (TPSA) is 178 Å². The van der Waals surface area contributed by atoms with Gasteiger partial charge in [-0.1, -0.05) is 0 Å². The van der Waals surface area contributed by atoms with Gasteiger partial charge in [-0.2, -0.15) is 9.97 Å². The van der Waals surface area contributed by atoms with Gasteiger partial charge >= 0.3 is 7.82 Å². The van der Waals surface area contributed by atoms with Crippen LogP contribution in [0.15, 0.2) is 6.33 Å². The lowest BCUT2D eigenvalue weighted by molar-refractivity contribution is -0.0461. The van der Waals surface area contributed by atoms with Gasteiger partial charge in [0, 0.05) is 7.05 Å². The van der Waals surface area contributed by atoms with E-state index in [0.29, 0.717) is 11.3 Å². The van der Waals surface area contributed by atoms with Crippen LogP contribution in [0.3, 0.4) is 0 Å². The Labute approximate surface area is 152 Å². The van der Waals surface area contributed by atoms with Crippen LogP contribution in [0.25, 0.3) is 11.2 Å². The van der Waals surface area contributed by atoms with Crippen LogP contribution in [0.4, 0.5) is 16.2 Å². The summed E-state index contributed by atoms with van der Waals surface area (Å²) >= 11 is 0. The smallest absolute Gasteiger partial charge is 0.390 e. The van der Waals surface area contributed by atoms with E-state index < -0.39 is 45.0 Å². The second-order valence-electron chi connectivity index (χ2n) is 6.10. The maximum Gasteiger partial charge on any atom is 0.469 e. The van der Waals surface area contributed by atoms with Crippen LogP contribution in [-0.2, 0) is 13.8 Å². The number of hydrogen-bond acceptors (Lipinski definition) is 9. The minimum Gasteiger partial charge on any atom is -0.390 e. The number of alkyl halides is 1. The molecule has 14 heteroatoms. The summed E-state index contributed by atoms with van der Waals surface area (Å²) in [5.41, 5.74) is 6.32. The number of nitrogens with one attached hydrogen (secondary N) is 1. The third-order valence-electron chi connectivity index (χ3n) is 4.31. The molecule has 5 atom stereocenters. The zero-order chi connectivity index (χ0) is 19.9. The molecule has 0 bridgehead atoms. The lowest BCUT2D eigenvalue weighted by atomic mass is 9.95. The number of halogens is 1. The van der Waals surface area contributed by atoms with Gasteiger partial charge in [-0.25, -0.2) is 13.9 Å². The first kappa shape index (κ1) is 19.9. The highest BCUT2D eigenvalue weighted by Gasteiger charge is 2.48. The molecular formula is C13H20FN6O6P. The zero-order valence-corrected chi connectivity index (χ0v) is 15.3. The molecule has 0 amide bonds. The highest BCUT2D eigenvalue weighted by Crippen LogP contribution is 2.42. The second kappa shape index (κ2) is 7.26. The van der Waals surface area contributed by atoms with Gasteiger partial charge in [-0.05, 0) is 6.92 Å². The van der Waals surface area contributed by atoms with E-state index in [1.807, 2.05) is 0 Å². The minimum absolute atomic E-state index is 0.0432. The van der Waals surface area contributed by atoms with Crippen molar-refractivity contribution in [3.8, 4) is 0 Å². The second-order valence-corrected chi connectivity index (χ2v) is 7.34. The summed E-state index contributed by atoms with van der Waals surface area (Å²) in [7, 11) is -3.15. The summed E-state index contributed by atoms with van der Waals surface area (Å²) in [5.74, 6) is -0.735. The quantitative estimate of drug-likeness (QED) is 0.401. The zero-order valence-electron chi connectivity index (χ0n) is 14.4. The molecular weight excluding hydrogens is 386 g/mol. The molecule has 0 aromatic carbocycles. The number of aliphatic hydroxyl groups excluding tert-OH is 1. The normalized spacial score (nSPS) is 27.2. The molecule has 2 unspecified atom stereocenters. The molecule has 150 valence electrons. The molecule has 2 aromatic rings. The van der Waals surface area contributed by atoms with Crippen molar-refractivity contribution in [2.45, 2.75) is 31.5 Å². The number of nitrogen functional groups attached to an aromatic ring is 1. The third-order valence-corrected chi connectivity index (χ3v) is 4.79. The highest BCUT2D eigenvalue weighted by molar-refractivity contribution is 7.46. The SMILES string of the molecule is CNc1nc(N)nc2c1ncn2[C@@H]1O[C@H](COP(=O)(O)O)[C@@H](O)C1C(C)F. The number of hydrogen-bond donors (Lipinski definition) is 5. The van der Waals surface area contributed by atoms with Crippen molar-refractivity contribution < 1.29 is 33.1 Å². The van der Waals surface area contributed by atoms with E-state index in [1.54, 1.807) is 7.05 Å². The Balaban J connectivity index is 1.98. The standard InChI is InChI=1S/C13H20FN6O6P/c1-5(14)7-9(21)6(3-25-27(22,23)24)26-12(7)20-4-17-8-10(16-2)18-13(15)19-11(8)20/h4-7,9,12,21H,3H2,1-2H3,(H2,22,23,24)(H3,15,16,18,19)/t5?,6-,7?,9-,12-/m1/s1. The van der Waals surface area contributed by atoms with Crippen LogP contribution in [0.5, 0.6) is 0 Å². The molecule has 3 rings (SSSR count). The maximum absolute atomic E-state index is 14.2. The van der Waals surface area contributed by atoms with Crippen molar-refractivity contribution in [2.24, 2.45) is 5.92 Å². The predicted molar refractivity (Wildman–Crippen MR) is 91.3 cm³/mol. The molecule has 6 N–H and O–H groups in total. The molecule has 1 fully saturated rings. The maximum atomic E-state index is 14.2. The number of nitrogens with two attached hydrogens (primary N) is 1. The van der Waals surface area contributed by atoms with E-state index in [2.05, 4.69) is 24.8 Å². The molecule has 1 saturated heterocycles. The average Bonchev–Trinajstić information content (AvgIpc) is 3.12. The van der Waals surface area contributed by atoms with Gasteiger partial charge in [0.25, 0.3) is 0 Å². The summed E-state index contributed by atoms with van der Waals surface area (Å²) < 4.78 is 36.6. The van der Waals surface area contributed by atoms with Crippen LogP contribution in [0, 0.1) is 5.92 Å². The van der Waals surface area contributed by atoms with Crippen LogP contribution < -0.4 is 11.1 Å². The molecule has 1 aliphatic heterocycles. The Morgan fingerprint density at radius 2 is 2.22 bits per heavy atom. The van der Waals surface area contributed by atoms with E-state index in [1.165, 1.54) is 17.8 Å². The molecule has 0 aliphatic carbocycles. The van der Waals surface area contributed by atoms with E-state index in [0.717, 1.165) is 0 Å². The number of rotatable bonds is 6. The highest BCUT2D eigenvalue weighted by atomic mass is 31.2. The largest absolute Gasteiger partial charge is 0.469 e. The van der Waals surface area contributed by atoms with Gasteiger partial charge in [0.05, 0.1) is 25.0 Å². The predicted octanol–water partition coefficient (Wildman–Crippen LogP) is -0.208. The lowest BCUT2D eigenvalue weighted by Crippen LogP contribution is -2.34. The molecule has 1 aliphatic rings. The van der Waals surface area contributed by atoms with Gasteiger partial charge in [-0.3, -0.25) is 9.09 Å². The Bertz CT molecular complexity index is 874. The number of fused-ring (bicyclic) bond motifs is 1. The van der Waals surface area contributed by atoms with E-state index in [-0.39, 0.29) is 11.6 Å². The van der Waals surface area contributed by atoms with E-state index in [4.69, 9.17) is 20.3 Å². The summed E-state index contributed by atoms with van der Waals surface area (Å²) in [6, 6.07) is 0. The fourth-order valence-electron chi connectivity index (χ4n) is 3.12. The summed E-state index contributed by atoms with van der Waals surface area (Å²) in [4.78, 5) is 30.0. The van der Waals surface area contributed by atoms with Crippen molar-refractivity contribution in [1.82, 2.24) is 19.5 Å². The van der Waals surface area contributed by atoms with Crippen molar-refractivity contribution in [1.29, 1.82) is 0 Å². The Morgan fingerprint density at radius 1 is 1.52 bits per heavy atom. The number of imidazole rings is 1. The molecule has 0 saturated carbocycles. The van der Waals surface area contributed by atoms with E-state index >= 15 is 0 Å². The van der Waals surface area contributed by atoms with Crippen molar-refractivity contribution >= 4 is 30.8 Å². The minimum atomic E-state index is -4.77. The Kier molecular flexibility index (Phi) is 5.34. The first-order valence-corrected chi connectivity index (χ1v) is 9.51. The lowest BCUT2D eigenvalue weighted by Gasteiger charge is -2.22. The fraction of sp³-hybridized carbons (Fsp3) is 0.615. The van der Waals surface area contributed by atoms with E-state index in [9.17, 15) is 14.1 Å². The Morgan fingerprint density at radius 3 is 2.81 bits per heavy atom. The summed E-state index contributed by atoms with van der Waals surface area (Å²) in [6.07, 6.45) is -3.74. The van der Waals surface area contributed by atoms with Crippen LogP contribution in [0.2, 0.25) is 0 Å². The number of anilines is 2. The molecule has 0 radical (unpaired) electrons. The van der Waals surface area contributed by atoms with Gasteiger partial charge < -0.3 is 30.7 Å². The van der Waals surface area contributed by atoms with Gasteiger partial charge in [0.15, 0.2) is 17.0 Å². The summed E-state index contributed by atoms with van der Waals surface area (Å²) in [5, 5.41) is 13.2. The first-order valence-electron chi connectivity index (χ1n) is 7.98. The van der Waals surface area contributed by atoms with Crippen molar-refractivity contribution in [3.63, 3.8) is 0 Å². The molecule has 3 heterocycles. The van der Waals surface area contributed by atoms with Crippen LogP contribution in [0.1, 0.15) is 13.2 Å². The average molecular weight is 406 g/mol. The van der Waals surface area contributed by atoms with Crippen molar-refractivity contribution in [2.75, 3.05) is 24.7 Å². The number of nitrogens with zero attached hydrogens (tertiary/aromatic N) is 4. The monoisotopic (exact) mass is 406 g/mol. The van der Waals surface area contributed by atoms with Gasteiger partial charge in [0.1, 0.15) is 18.5 Å². The summed E-state index contributed by atoms with van der Waals surface area (Å²) in [6.45, 7) is 0.634. The number of aliphatic hydroxyl groups is 1. The first-order chi connectivity index (χ1) is 12.6. The number of aromatic nitrogens is 4. The van der Waals surface area contributed by atoms with Crippen LogP contribution >= 0.6 is 7.82 Å². The van der Waals surface area contributed by atoms with Crippen molar-refractivity contribution in [3.05, 3.63) is 6.33 Å². The number of phosphoric acid groups is 1. The third kappa shape index (κ3) is 3.88. The number of phosphoric ester groups is 1. The van der Waals surface area contributed by atoms with Crippen LogP contribution in [-0.4, -0.2) is 66.4 Å². The Hall–Kier alpha value is -1.89. The fourth-order valence-corrected chi connectivity index (χ4v) is 3.46. The molecule has 0 spiro atoms. The number of ether oxygens (including phenoxy) is 1.